The molecular formula is C16H18N6OS2. The molecular weight excluding hydrogens is 356 g/mol. The molecule has 1 aromatic carbocycles. The summed E-state index contributed by atoms with van der Waals surface area (Å²) in [4.78, 5) is 12.3. The van der Waals surface area contributed by atoms with E-state index >= 15 is 0 Å². The minimum Gasteiger partial charge on any atom is -0.309 e. The van der Waals surface area contributed by atoms with Crippen LogP contribution in [0.5, 0.6) is 0 Å². The first-order valence-electron chi connectivity index (χ1n) is 7.72. The van der Waals surface area contributed by atoms with Crippen molar-refractivity contribution in [2.45, 2.75) is 30.7 Å². The second-order valence-corrected chi connectivity index (χ2v) is 7.99. The van der Waals surface area contributed by atoms with Gasteiger partial charge in [0.15, 0.2) is 5.16 Å². The lowest BCUT2D eigenvalue weighted by molar-refractivity contribution is -0.115. The van der Waals surface area contributed by atoms with Crippen molar-refractivity contribution in [2.75, 3.05) is 5.32 Å². The van der Waals surface area contributed by atoms with Crippen molar-refractivity contribution in [2.24, 2.45) is 7.05 Å². The Morgan fingerprint density at radius 1 is 1.24 bits per heavy atom. The third kappa shape index (κ3) is 4.43. The highest BCUT2D eigenvalue weighted by Crippen LogP contribution is 2.24. The molecule has 1 N–H and O–H groups in total. The molecule has 3 rings (SSSR count). The zero-order valence-electron chi connectivity index (χ0n) is 14.1. The van der Waals surface area contributed by atoms with Crippen molar-refractivity contribution in [1.29, 1.82) is 0 Å². The van der Waals surface area contributed by atoms with Crippen LogP contribution in [0.25, 0.3) is 0 Å². The summed E-state index contributed by atoms with van der Waals surface area (Å²) in [5.41, 5.74) is 1.17. The fraction of sp³-hybridized carbons (Fsp3) is 0.312. The van der Waals surface area contributed by atoms with Gasteiger partial charge in [0.1, 0.15) is 10.8 Å². The molecule has 25 heavy (non-hydrogen) atoms. The quantitative estimate of drug-likeness (QED) is 0.668. The van der Waals surface area contributed by atoms with E-state index in [9.17, 15) is 4.79 Å². The third-order valence-electron chi connectivity index (χ3n) is 3.54. The number of nitrogens with one attached hydrogen (secondary N) is 1. The summed E-state index contributed by atoms with van der Waals surface area (Å²) < 4.78 is 1.93. The van der Waals surface area contributed by atoms with Crippen molar-refractivity contribution < 1.29 is 4.79 Å². The zero-order chi connectivity index (χ0) is 17.8. The zero-order valence-corrected chi connectivity index (χ0v) is 15.8. The minimum atomic E-state index is -0.323. The summed E-state index contributed by atoms with van der Waals surface area (Å²) in [7, 11) is 1.92. The minimum absolute atomic E-state index is 0.131. The number of benzene rings is 1. The fourth-order valence-corrected chi connectivity index (χ4v) is 3.57. The Morgan fingerprint density at radius 3 is 2.68 bits per heavy atom. The molecule has 0 fully saturated rings. The molecule has 2 heterocycles. The second kappa shape index (κ2) is 7.75. The molecule has 0 spiro atoms. The number of thioether (sulfide) groups is 1. The van der Waals surface area contributed by atoms with E-state index < -0.39 is 0 Å². The third-order valence-corrected chi connectivity index (χ3v) is 5.43. The maximum atomic E-state index is 12.3. The van der Waals surface area contributed by atoms with Gasteiger partial charge in [-0.25, -0.2) is 0 Å². The molecule has 0 aliphatic rings. The summed E-state index contributed by atoms with van der Waals surface area (Å²) in [6.45, 7) is 3.68. The number of carbonyl (C=O) groups is 1. The molecule has 0 aliphatic carbocycles. The van der Waals surface area contributed by atoms with Gasteiger partial charge in [0, 0.05) is 13.5 Å². The topological polar surface area (TPSA) is 85.6 Å². The largest absolute Gasteiger partial charge is 0.309 e. The first-order valence-corrected chi connectivity index (χ1v) is 9.42. The molecule has 0 saturated heterocycles. The van der Waals surface area contributed by atoms with E-state index in [0.29, 0.717) is 16.7 Å². The van der Waals surface area contributed by atoms with Gasteiger partial charge < -0.3 is 4.57 Å². The summed E-state index contributed by atoms with van der Waals surface area (Å²) in [6, 6.07) is 10.1. The van der Waals surface area contributed by atoms with Gasteiger partial charge in [-0.3, -0.25) is 10.1 Å². The molecule has 1 atom stereocenters. The molecule has 0 radical (unpaired) electrons. The van der Waals surface area contributed by atoms with Gasteiger partial charge in [-0.1, -0.05) is 53.4 Å². The lowest BCUT2D eigenvalue weighted by atomic mass is 10.1. The summed E-state index contributed by atoms with van der Waals surface area (Å²) >= 11 is 2.72. The molecule has 3 aromatic rings. The van der Waals surface area contributed by atoms with E-state index in [2.05, 4.69) is 37.8 Å². The van der Waals surface area contributed by atoms with Crippen molar-refractivity contribution in [3.8, 4) is 0 Å². The monoisotopic (exact) mass is 374 g/mol. The van der Waals surface area contributed by atoms with E-state index in [0.717, 1.165) is 10.8 Å². The van der Waals surface area contributed by atoms with Crippen LogP contribution in [-0.2, 0) is 18.3 Å². The second-order valence-electron chi connectivity index (χ2n) is 5.50. The van der Waals surface area contributed by atoms with E-state index in [1.54, 1.807) is 0 Å². The van der Waals surface area contributed by atoms with Gasteiger partial charge in [0.2, 0.25) is 11.0 Å². The van der Waals surface area contributed by atoms with Crippen molar-refractivity contribution in [3.05, 3.63) is 46.7 Å². The highest BCUT2D eigenvalue weighted by molar-refractivity contribution is 8.00. The number of hydrogen-bond donors (Lipinski definition) is 1. The number of aryl methyl sites for hydroxylation is 1. The van der Waals surface area contributed by atoms with Crippen molar-refractivity contribution in [3.63, 3.8) is 0 Å². The lowest BCUT2D eigenvalue weighted by Crippen LogP contribution is -2.22. The highest BCUT2D eigenvalue weighted by atomic mass is 32.2. The average molecular weight is 374 g/mol. The van der Waals surface area contributed by atoms with Gasteiger partial charge in [-0.2, -0.15) is 0 Å². The Kier molecular flexibility index (Phi) is 5.44. The summed E-state index contributed by atoms with van der Waals surface area (Å²) in [5.74, 6) is 0.731. The maximum absolute atomic E-state index is 12.3. The molecule has 130 valence electrons. The Hall–Kier alpha value is -2.26. The Bertz CT molecular complexity index is 861. The molecule has 0 saturated carbocycles. The van der Waals surface area contributed by atoms with Gasteiger partial charge in [0.05, 0.1) is 5.25 Å². The number of carbonyl (C=O) groups excluding carboxylic acids is 1. The first kappa shape index (κ1) is 17.6. The summed E-state index contributed by atoms with van der Waals surface area (Å²) in [5, 5.41) is 20.8. The Labute approximate surface area is 153 Å². The van der Waals surface area contributed by atoms with Crippen LogP contribution in [0, 0.1) is 6.92 Å². The van der Waals surface area contributed by atoms with E-state index in [1.807, 2.05) is 43.7 Å². The molecule has 0 aliphatic heterocycles. The number of nitrogens with zero attached hydrogens (tertiary/aromatic N) is 5. The first-order chi connectivity index (χ1) is 12.0. The van der Waals surface area contributed by atoms with Crippen LogP contribution in [0.15, 0.2) is 35.5 Å². The van der Waals surface area contributed by atoms with Crippen molar-refractivity contribution >= 4 is 34.1 Å². The standard InChI is InChI=1S/C16H18N6OS2/c1-10(14(23)17-15-20-18-11(2)25-15)24-16-21-19-13(22(16)3)9-12-7-5-4-6-8-12/h4-8,10H,9H2,1-3H3,(H,17,20,23). The van der Waals surface area contributed by atoms with Crippen molar-refractivity contribution in [1.82, 2.24) is 25.0 Å². The average Bonchev–Trinajstić information content (AvgIpc) is 3.16. The van der Waals surface area contributed by atoms with Crippen LogP contribution < -0.4 is 5.32 Å². The number of anilines is 1. The fourth-order valence-electron chi connectivity index (χ4n) is 2.15. The predicted molar refractivity (Wildman–Crippen MR) is 98.8 cm³/mol. The number of aromatic nitrogens is 5. The number of amides is 1. The number of hydrogen-bond acceptors (Lipinski definition) is 7. The van der Waals surface area contributed by atoms with Gasteiger partial charge in [0.25, 0.3) is 0 Å². The number of rotatable bonds is 6. The van der Waals surface area contributed by atoms with E-state index in [-0.39, 0.29) is 11.2 Å². The van der Waals surface area contributed by atoms with Crippen LogP contribution in [0.3, 0.4) is 0 Å². The Morgan fingerprint density at radius 2 is 2.00 bits per heavy atom. The predicted octanol–water partition coefficient (Wildman–Crippen LogP) is 2.69. The van der Waals surface area contributed by atoms with Crippen LogP contribution in [0.4, 0.5) is 5.13 Å². The molecule has 1 unspecified atom stereocenters. The highest BCUT2D eigenvalue weighted by Gasteiger charge is 2.20. The molecule has 1 amide bonds. The van der Waals surface area contributed by atoms with Crippen LogP contribution in [-0.4, -0.2) is 36.1 Å². The molecule has 7 nitrogen and oxygen atoms in total. The molecule has 2 aromatic heterocycles. The van der Waals surface area contributed by atoms with Gasteiger partial charge in [-0.15, -0.1) is 20.4 Å². The lowest BCUT2D eigenvalue weighted by Gasteiger charge is -2.10. The molecule has 9 heteroatoms. The van der Waals surface area contributed by atoms with Crippen LogP contribution >= 0.6 is 23.1 Å². The Balaban J connectivity index is 1.63. The SMILES string of the molecule is Cc1nnc(NC(=O)C(C)Sc2nnc(Cc3ccccc3)n2C)s1. The smallest absolute Gasteiger partial charge is 0.239 e. The van der Waals surface area contributed by atoms with Crippen LogP contribution in [0.1, 0.15) is 23.3 Å². The normalized spacial score (nSPS) is 12.1. The van der Waals surface area contributed by atoms with Crippen LogP contribution in [0.2, 0.25) is 0 Å². The van der Waals surface area contributed by atoms with Gasteiger partial charge >= 0.3 is 0 Å². The van der Waals surface area contributed by atoms with E-state index in [4.69, 9.17) is 0 Å². The molecule has 0 bridgehead atoms. The van der Waals surface area contributed by atoms with Gasteiger partial charge in [-0.05, 0) is 19.4 Å². The maximum Gasteiger partial charge on any atom is 0.239 e. The summed E-state index contributed by atoms with van der Waals surface area (Å²) in [6.07, 6.45) is 0.704. The van der Waals surface area contributed by atoms with E-state index in [1.165, 1.54) is 28.7 Å².